The van der Waals surface area contributed by atoms with Gasteiger partial charge in [0.15, 0.2) is 0 Å². The molecule has 0 heterocycles. The zero-order chi connectivity index (χ0) is 15.4. The SMILES string of the molecule is CN(C)c1ccc(NCc2cccc(B(O)O)c2)cc1F. The molecule has 0 saturated heterocycles. The highest BCUT2D eigenvalue weighted by atomic mass is 19.1. The zero-order valence-corrected chi connectivity index (χ0v) is 12.0. The van der Waals surface area contributed by atoms with Crippen LogP contribution in [-0.4, -0.2) is 31.3 Å². The molecule has 0 bridgehead atoms. The van der Waals surface area contributed by atoms with E-state index in [0.717, 1.165) is 5.56 Å². The Balaban J connectivity index is 2.06. The van der Waals surface area contributed by atoms with Gasteiger partial charge in [-0.15, -0.1) is 0 Å². The number of halogens is 1. The van der Waals surface area contributed by atoms with Gasteiger partial charge in [0.05, 0.1) is 5.69 Å². The summed E-state index contributed by atoms with van der Waals surface area (Å²) in [5, 5.41) is 21.4. The molecule has 0 aliphatic heterocycles. The number of hydrogen-bond donors (Lipinski definition) is 3. The number of anilines is 2. The van der Waals surface area contributed by atoms with E-state index in [-0.39, 0.29) is 5.82 Å². The monoisotopic (exact) mass is 288 g/mol. The van der Waals surface area contributed by atoms with E-state index in [1.54, 1.807) is 43.3 Å². The van der Waals surface area contributed by atoms with Gasteiger partial charge < -0.3 is 20.3 Å². The normalized spacial score (nSPS) is 10.3. The van der Waals surface area contributed by atoms with Crippen LogP contribution < -0.4 is 15.7 Å². The molecule has 0 aliphatic carbocycles. The number of hydrogen-bond acceptors (Lipinski definition) is 4. The lowest BCUT2D eigenvalue weighted by Gasteiger charge is -2.15. The molecule has 21 heavy (non-hydrogen) atoms. The molecular formula is C15H18BFN2O2. The van der Waals surface area contributed by atoms with Gasteiger partial charge in [0, 0.05) is 26.3 Å². The first-order chi connectivity index (χ1) is 9.97. The van der Waals surface area contributed by atoms with Crippen molar-refractivity contribution in [2.24, 2.45) is 0 Å². The van der Waals surface area contributed by atoms with E-state index in [4.69, 9.17) is 10.0 Å². The fraction of sp³-hybridized carbons (Fsp3) is 0.200. The molecule has 0 fully saturated rings. The van der Waals surface area contributed by atoms with Crippen LogP contribution in [-0.2, 0) is 6.54 Å². The molecule has 0 unspecified atom stereocenters. The van der Waals surface area contributed by atoms with Crippen LogP contribution in [0.1, 0.15) is 5.56 Å². The Hall–Kier alpha value is -2.05. The second kappa shape index (κ2) is 6.60. The third kappa shape index (κ3) is 3.96. The predicted octanol–water partition coefficient (Wildman–Crippen LogP) is 1.18. The van der Waals surface area contributed by atoms with Crippen molar-refractivity contribution in [2.45, 2.75) is 6.54 Å². The molecule has 0 radical (unpaired) electrons. The summed E-state index contributed by atoms with van der Waals surface area (Å²) in [4.78, 5) is 1.71. The maximum Gasteiger partial charge on any atom is 0.488 e. The molecule has 0 saturated carbocycles. The molecule has 0 amide bonds. The summed E-state index contributed by atoms with van der Waals surface area (Å²) in [5.41, 5.74) is 2.53. The maximum absolute atomic E-state index is 13.8. The Labute approximate surface area is 124 Å². The van der Waals surface area contributed by atoms with Crippen LogP contribution in [0.2, 0.25) is 0 Å². The van der Waals surface area contributed by atoms with E-state index < -0.39 is 7.12 Å². The number of rotatable bonds is 5. The number of nitrogens with one attached hydrogen (secondary N) is 1. The lowest BCUT2D eigenvalue weighted by atomic mass is 9.79. The summed E-state index contributed by atoms with van der Waals surface area (Å²) in [7, 11) is 2.09. The first-order valence-electron chi connectivity index (χ1n) is 6.63. The van der Waals surface area contributed by atoms with Crippen LogP contribution in [0.15, 0.2) is 42.5 Å². The quantitative estimate of drug-likeness (QED) is 0.723. The van der Waals surface area contributed by atoms with E-state index in [0.29, 0.717) is 23.4 Å². The van der Waals surface area contributed by atoms with Gasteiger partial charge in [-0.1, -0.05) is 24.3 Å². The summed E-state index contributed by atoms with van der Waals surface area (Å²) >= 11 is 0. The maximum atomic E-state index is 13.8. The van der Waals surface area contributed by atoms with Gasteiger partial charge in [0.1, 0.15) is 5.82 Å². The molecule has 2 rings (SSSR count). The van der Waals surface area contributed by atoms with Crippen LogP contribution >= 0.6 is 0 Å². The molecule has 110 valence electrons. The second-order valence-electron chi connectivity index (χ2n) is 5.03. The van der Waals surface area contributed by atoms with E-state index in [1.165, 1.54) is 6.07 Å². The molecule has 0 atom stereocenters. The van der Waals surface area contributed by atoms with Gasteiger partial charge >= 0.3 is 7.12 Å². The average Bonchev–Trinajstić information content (AvgIpc) is 2.45. The van der Waals surface area contributed by atoms with Gasteiger partial charge in [-0.2, -0.15) is 0 Å². The van der Waals surface area contributed by atoms with Crippen molar-refractivity contribution in [3.8, 4) is 0 Å². The summed E-state index contributed by atoms with van der Waals surface area (Å²) in [6, 6.07) is 11.9. The molecule has 6 heteroatoms. The lowest BCUT2D eigenvalue weighted by molar-refractivity contribution is 0.425. The summed E-state index contributed by atoms with van der Waals surface area (Å²) in [6.45, 7) is 0.474. The Kier molecular flexibility index (Phi) is 4.83. The Bertz CT molecular complexity index is 620. The minimum Gasteiger partial charge on any atom is -0.423 e. The highest BCUT2D eigenvalue weighted by Gasteiger charge is 2.10. The first kappa shape index (κ1) is 15.3. The van der Waals surface area contributed by atoms with Crippen molar-refractivity contribution in [3.63, 3.8) is 0 Å². The third-order valence-corrected chi connectivity index (χ3v) is 3.18. The summed E-state index contributed by atoms with van der Waals surface area (Å²) in [6.07, 6.45) is 0. The van der Waals surface area contributed by atoms with Crippen LogP contribution in [0.5, 0.6) is 0 Å². The lowest BCUT2D eigenvalue weighted by Crippen LogP contribution is -2.30. The topological polar surface area (TPSA) is 55.7 Å². The van der Waals surface area contributed by atoms with Crippen molar-refractivity contribution in [3.05, 3.63) is 53.8 Å². The number of nitrogens with zero attached hydrogens (tertiary/aromatic N) is 1. The smallest absolute Gasteiger partial charge is 0.423 e. The van der Waals surface area contributed by atoms with Crippen LogP contribution in [0.3, 0.4) is 0 Å². The highest BCUT2D eigenvalue weighted by Crippen LogP contribution is 2.21. The van der Waals surface area contributed by atoms with E-state index in [9.17, 15) is 4.39 Å². The fourth-order valence-corrected chi connectivity index (χ4v) is 2.05. The molecule has 0 aromatic heterocycles. The summed E-state index contributed by atoms with van der Waals surface area (Å²) < 4.78 is 13.8. The predicted molar refractivity (Wildman–Crippen MR) is 84.3 cm³/mol. The van der Waals surface area contributed by atoms with Gasteiger partial charge in [0.25, 0.3) is 0 Å². The molecule has 3 N–H and O–H groups in total. The minimum absolute atomic E-state index is 0.287. The van der Waals surface area contributed by atoms with Crippen molar-refractivity contribution in [2.75, 3.05) is 24.3 Å². The van der Waals surface area contributed by atoms with Crippen molar-refractivity contribution >= 4 is 24.0 Å². The Morgan fingerprint density at radius 2 is 1.90 bits per heavy atom. The highest BCUT2D eigenvalue weighted by molar-refractivity contribution is 6.58. The fourth-order valence-electron chi connectivity index (χ4n) is 2.05. The Morgan fingerprint density at radius 3 is 2.52 bits per heavy atom. The molecule has 0 spiro atoms. The molecule has 4 nitrogen and oxygen atoms in total. The molecule has 2 aromatic carbocycles. The van der Waals surface area contributed by atoms with Crippen LogP contribution in [0.4, 0.5) is 15.8 Å². The van der Waals surface area contributed by atoms with Gasteiger partial charge in [-0.3, -0.25) is 0 Å². The molecule has 2 aromatic rings. The van der Waals surface area contributed by atoms with Gasteiger partial charge in [-0.05, 0) is 29.2 Å². The van der Waals surface area contributed by atoms with Crippen molar-refractivity contribution in [1.82, 2.24) is 0 Å². The second-order valence-corrected chi connectivity index (χ2v) is 5.03. The van der Waals surface area contributed by atoms with Crippen molar-refractivity contribution < 1.29 is 14.4 Å². The van der Waals surface area contributed by atoms with Gasteiger partial charge in [-0.25, -0.2) is 4.39 Å². The van der Waals surface area contributed by atoms with E-state index >= 15 is 0 Å². The van der Waals surface area contributed by atoms with Crippen LogP contribution in [0, 0.1) is 5.82 Å². The third-order valence-electron chi connectivity index (χ3n) is 3.18. The average molecular weight is 288 g/mol. The molecular weight excluding hydrogens is 270 g/mol. The van der Waals surface area contributed by atoms with E-state index in [2.05, 4.69) is 5.32 Å². The first-order valence-corrected chi connectivity index (χ1v) is 6.63. The Morgan fingerprint density at radius 1 is 1.14 bits per heavy atom. The van der Waals surface area contributed by atoms with Crippen molar-refractivity contribution in [1.29, 1.82) is 0 Å². The standard InChI is InChI=1S/C15H18BFN2O2/c1-19(2)15-7-6-13(9-14(15)17)18-10-11-4-3-5-12(8-11)16(20)21/h3-9,18,20-21H,10H2,1-2H3. The summed E-state index contributed by atoms with van der Waals surface area (Å²) in [5.74, 6) is -0.287. The minimum atomic E-state index is -1.48. The van der Waals surface area contributed by atoms with Gasteiger partial charge in [0.2, 0.25) is 0 Å². The van der Waals surface area contributed by atoms with Crippen LogP contribution in [0.25, 0.3) is 0 Å². The van der Waals surface area contributed by atoms with E-state index in [1.807, 2.05) is 12.1 Å². The molecule has 0 aliphatic rings. The largest absolute Gasteiger partial charge is 0.488 e. The zero-order valence-electron chi connectivity index (χ0n) is 12.0. The number of benzene rings is 2.